The lowest BCUT2D eigenvalue weighted by Crippen LogP contribution is -2.39. The zero-order valence-corrected chi connectivity index (χ0v) is 30.3. The van der Waals surface area contributed by atoms with Gasteiger partial charge in [0.05, 0.1) is 0 Å². The molecule has 3 aliphatic carbocycles. The summed E-state index contributed by atoms with van der Waals surface area (Å²) >= 11 is 0. The highest BCUT2D eigenvalue weighted by Crippen LogP contribution is 2.24. The number of pyridine rings is 1. The van der Waals surface area contributed by atoms with Crippen LogP contribution in [0.15, 0.2) is 54.9 Å². The zero-order chi connectivity index (χ0) is 32.3. The molecule has 2 saturated heterocycles. The maximum absolute atomic E-state index is 3.88. The van der Waals surface area contributed by atoms with Gasteiger partial charge in [-0.25, -0.2) is 0 Å². The summed E-state index contributed by atoms with van der Waals surface area (Å²) in [6, 6.07) is 14.2. The van der Waals surface area contributed by atoms with Gasteiger partial charge in [-0.15, -0.1) is 0 Å². The zero-order valence-electron chi connectivity index (χ0n) is 30.3. The first-order chi connectivity index (χ1) is 21.3. The van der Waals surface area contributed by atoms with Crippen LogP contribution in [0.3, 0.4) is 0 Å². The van der Waals surface area contributed by atoms with Gasteiger partial charge in [0.1, 0.15) is 0 Å². The highest BCUT2D eigenvalue weighted by Gasteiger charge is 2.10. The molecule has 3 heteroatoms. The quantitative estimate of drug-likeness (QED) is 0.313. The van der Waals surface area contributed by atoms with Gasteiger partial charge in [0.2, 0.25) is 0 Å². The van der Waals surface area contributed by atoms with E-state index in [4.69, 9.17) is 0 Å². The molecule has 3 saturated carbocycles. The second-order valence-corrected chi connectivity index (χ2v) is 14.5. The van der Waals surface area contributed by atoms with E-state index in [1.807, 2.05) is 43.5 Å². The van der Waals surface area contributed by atoms with Gasteiger partial charge < -0.3 is 10.6 Å². The average molecular weight is 608 g/mol. The Balaban J connectivity index is 0.000000258. The Morgan fingerprint density at radius 2 is 0.909 bits per heavy atom. The maximum atomic E-state index is 3.88. The van der Waals surface area contributed by atoms with Crippen molar-refractivity contribution in [2.45, 2.75) is 138 Å². The van der Waals surface area contributed by atoms with Crippen LogP contribution >= 0.6 is 0 Å². The van der Waals surface area contributed by atoms with Gasteiger partial charge in [-0.2, -0.15) is 0 Å². The molecular weight excluding hydrogens is 534 g/mol. The lowest BCUT2D eigenvalue weighted by atomic mass is 9.88. The van der Waals surface area contributed by atoms with E-state index in [-0.39, 0.29) is 0 Å². The third-order valence-electron chi connectivity index (χ3n) is 9.29. The van der Waals surface area contributed by atoms with E-state index in [2.05, 4.69) is 69.3 Å². The predicted octanol–water partition coefficient (Wildman–Crippen LogP) is 11.2. The molecule has 44 heavy (non-hydrogen) atoms. The van der Waals surface area contributed by atoms with Crippen LogP contribution in [0.25, 0.3) is 0 Å². The van der Waals surface area contributed by atoms with Gasteiger partial charge in [0, 0.05) is 12.4 Å². The molecule has 2 aromatic rings. The topological polar surface area (TPSA) is 37.0 Å². The largest absolute Gasteiger partial charge is 0.317 e. The number of nitrogens with one attached hydrogen (secondary N) is 2. The van der Waals surface area contributed by atoms with Crippen LogP contribution < -0.4 is 10.6 Å². The number of rotatable bonds is 0. The van der Waals surface area contributed by atoms with Crippen molar-refractivity contribution in [2.24, 2.45) is 29.6 Å². The normalized spacial score (nSPS) is 20.2. The molecule has 0 bridgehead atoms. The summed E-state index contributed by atoms with van der Waals surface area (Å²) < 4.78 is 0. The minimum Gasteiger partial charge on any atom is -0.317 e. The SMILES string of the molecule is CC1CCC1.CC1CCCC1.CC1CCCCC1.CC1CCNCC1.CC1CNC1.Cc1ccccc1.Cc1cccnc1. The van der Waals surface area contributed by atoms with E-state index in [1.165, 1.54) is 127 Å². The fraction of sp³-hybridized carbons (Fsp3) is 0.732. The molecule has 2 aliphatic heterocycles. The number of nitrogens with zero attached hydrogens (tertiary/aromatic N) is 1. The van der Waals surface area contributed by atoms with E-state index < -0.39 is 0 Å². The Kier molecular flexibility index (Phi) is 25.3. The van der Waals surface area contributed by atoms with Gasteiger partial charge >= 0.3 is 0 Å². The lowest BCUT2D eigenvalue weighted by Gasteiger charge is -2.21. The summed E-state index contributed by atoms with van der Waals surface area (Å²) in [4.78, 5) is 3.88. The molecular formula is C41H73N3. The van der Waals surface area contributed by atoms with Crippen molar-refractivity contribution in [3.8, 4) is 0 Å². The summed E-state index contributed by atoms with van der Waals surface area (Å²) in [5.41, 5.74) is 2.53. The summed E-state index contributed by atoms with van der Waals surface area (Å²) in [6.07, 6.45) is 24.2. The highest BCUT2D eigenvalue weighted by atomic mass is 14.9. The van der Waals surface area contributed by atoms with Crippen LogP contribution in [0.2, 0.25) is 0 Å². The molecule has 3 heterocycles. The maximum Gasteiger partial charge on any atom is 0.0297 e. The van der Waals surface area contributed by atoms with Crippen molar-refractivity contribution in [3.05, 3.63) is 66.0 Å². The first-order valence-electron chi connectivity index (χ1n) is 18.6. The summed E-state index contributed by atoms with van der Waals surface area (Å²) in [7, 11) is 0. The van der Waals surface area contributed by atoms with Crippen LogP contribution in [0.1, 0.15) is 136 Å². The van der Waals surface area contributed by atoms with Crippen molar-refractivity contribution in [3.63, 3.8) is 0 Å². The molecule has 3 nitrogen and oxygen atoms in total. The molecule has 5 fully saturated rings. The monoisotopic (exact) mass is 608 g/mol. The van der Waals surface area contributed by atoms with Crippen molar-refractivity contribution >= 4 is 0 Å². The number of hydrogen-bond acceptors (Lipinski definition) is 3. The molecule has 1 aromatic heterocycles. The smallest absolute Gasteiger partial charge is 0.0297 e. The fourth-order valence-corrected chi connectivity index (χ4v) is 5.43. The summed E-state index contributed by atoms with van der Waals surface area (Å²) in [6.45, 7) is 20.6. The number of aromatic nitrogens is 1. The Bertz CT molecular complexity index is 763. The Morgan fingerprint density at radius 3 is 1.09 bits per heavy atom. The van der Waals surface area contributed by atoms with E-state index in [1.54, 1.807) is 6.20 Å². The first-order valence-corrected chi connectivity index (χ1v) is 18.6. The van der Waals surface area contributed by atoms with Crippen molar-refractivity contribution in [1.29, 1.82) is 0 Å². The van der Waals surface area contributed by atoms with Crippen molar-refractivity contribution < 1.29 is 0 Å². The van der Waals surface area contributed by atoms with E-state index in [0.717, 1.165) is 29.6 Å². The van der Waals surface area contributed by atoms with Crippen LogP contribution in [0.4, 0.5) is 0 Å². The number of benzene rings is 1. The number of aryl methyl sites for hydroxylation is 2. The van der Waals surface area contributed by atoms with Crippen molar-refractivity contribution in [1.82, 2.24) is 15.6 Å². The standard InChI is InChI=1S/C7H14.C7H8.C6H13N.C6H7N.C6H12.C5H10.C4H9N/c2*1-7-5-3-2-4-6-7;1-6-2-4-7-5-3-6;1-6-3-2-4-7-5-6;1-6-4-2-3-5-6;1-5-3-2-4-5;1-4-2-5-3-4/h7H,2-6H2,1H3;2-6H,1H3;6-7H,2-5H2,1H3;2-5H,1H3;6H,2-5H2,1H3;5H,2-4H2,1H3;4-5H,2-3H2,1H3. The molecule has 1 aromatic carbocycles. The highest BCUT2D eigenvalue weighted by molar-refractivity contribution is 5.11. The minimum absolute atomic E-state index is 0.954. The Labute approximate surface area is 275 Å². The summed E-state index contributed by atoms with van der Waals surface area (Å²) in [5, 5.41) is 6.48. The Morgan fingerprint density at radius 1 is 0.477 bits per heavy atom. The molecule has 0 radical (unpaired) electrons. The van der Waals surface area contributed by atoms with Crippen LogP contribution in [0.5, 0.6) is 0 Å². The molecule has 0 atom stereocenters. The molecule has 0 unspecified atom stereocenters. The second kappa shape index (κ2) is 27.6. The lowest BCUT2D eigenvalue weighted by molar-refractivity contribution is 0.346. The number of piperidine rings is 1. The Hall–Kier alpha value is -1.71. The van der Waals surface area contributed by atoms with E-state index in [0.29, 0.717) is 0 Å². The van der Waals surface area contributed by atoms with Gasteiger partial charge in [-0.05, 0) is 94.1 Å². The van der Waals surface area contributed by atoms with Crippen LogP contribution in [-0.4, -0.2) is 31.2 Å². The van der Waals surface area contributed by atoms with Gasteiger partial charge in [0.15, 0.2) is 0 Å². The first kappa shape index (κ1) is 40.3. The third-order valence-corrected chi connectivity index (χ3v) is 9.29. The predicted molar refractivity (Wildman–Crippen MR) is 196 cm³/mol. The number of hydrogen-bond donors (Lipinski definition) is 2. The molecule has 0 amide bonds. The molecule has 7 rings (SSSR count). The molecule has 5 aliphatic rings. The molecule has 0 spiro atoms. The second-order valence-electron chi connectivity index (χ2n) is 14.5. The van der Waals surface area contributed by atoms with Crippen molar-refractivity contribution in [2.75, 3.05) is 26.2 Å². The van der Waals surface area contributed by atoms with Gasteiger partial charge in [-0.1, -0.05) is 154 Å². The average Bonchev–Trinajstić information content (AvgIpc) is 3.49. The van der Waals surface area contributed by atoms with E-state index in [9.17, 15) is 0 Å². The van der Waals surface area contributed by atoms with Crippen LogP contribution in [-0.2, 0) is 0 Å². The van der Waals surface area contributed by atoms with Gasteiger partial charge in [-0.3, -0.25) is 4.98 Å². The molecule has 252 valence electrons. The minimum atomic E-state index is 0.954. The van der Waals surface area contributed by atoms with Crippen LogP contribution in [0, 0.1) is 43.4 Å². The summed E-state index contributed by atoms with van der Waals surface area (Å²) in [5.74, 6) is 5.07. The van der Waals surface area contributed by atoms with E-state index >= 15 is 0 Å². The fourth-order valence-electron chi connectivity index (χ4n) is 5.43. The molecule has 2 N–H and O–H groups in total. The third kappa shape index (κ3) is 25.6. The van der Waals surface area contributed by atoms with Gasteiger partial charge in [0.25, 0.3) is 0 Å².